The highest BCUT2D eigenvalue weighted by atomic mass is 14.5. The molecular formula is C8H13N. The summed E-state index contributed by atoms with van der Waals surface area (Å²) in [5.41, 5.74) is 5.60. The van der Waals surface area contributed by atoms with Crippen LogP contribution >= 0.6 is 0 Å². The highest BCUT2D eigenvalue weighted by Gasteiger charge is 2.45. The Morgan fingerprint density at radius 2 is 2.44 bits per heavy atom. The minimum atomic E-state index is 0.344. The molecule has 0 bridgehead atoms. The summed E-state index contributed by atoms with van der Waals surface area (Å²) in [6.07, 6.45) is 6.90. The predicted molar refractivity (Wildman–Crippen MR) is 39.7 cm³/mol. The van der Waals surface area contributed by atoms with Crippen LogP contribution in [0, 0.1) is 11.3 Å². The van der Waals surface area contributed by atoms with Crippen molar-refractivity contribution in [3.63, 3.8) is 0 Å². The average Bonchev–Trinajstić information content (AvgIpc) is 2.43. The van der Waals surface area contributed by atoms with E-state index in [1.165, 1.54) is 6.42 Å². The molecule has 1 aliphatic rings. The molecule has 0 aliphatic heterocycles. The summed E-state index contributed by atoms with van der Waals surface area (Å²) in [4.78, 5) is 0. The molecular weight excluding hydrogens is 110 g/mol. The van der Waals surface area contributed by atoms with Crippen LogP contribution in [0.2, 0.25) is 0 Å². The zero-order valence-electron chi connectivity index (χ0n) is 5.80. The van der Waals surface area contributed by atoms with Crippen molar-refractivity contribution in [3.05, 3.63) is 24.9 Å². The molecule has 0 unspecified atom stereocenters. The van der Waals surface area contributed by atoms with E-state index in [0.29, 0.717) is 11.3 Å². The van der Waals surface area contributed by atoms with Crippen LogP contribution in [-0.4, -0.2) is 0 Å². The zero-order chi connectivity index (χ0) is 6.91. The van der Waals surface area contributed by atoms with E-state index in [2.05, 4.69) is 19.6 Å². The minimum absolute atomic E-state index is 0.344. The van der Waals surface area contributed by atoms with E-state index in [1.807, 2.05) is 6.08 Å². The first-order valence-corrected chi connectivity index (χ1v) is 3.25. The second-order valence-corrected chi connectivity index (χ2v) is 2.91. The Bertz CT molecular complexity index is 149. The topological polar surface area (TPSA) is 26.0 Å². The first-order chi connectivity index (χ1) is 4.23. The van der Waals surface area contributed by atoms with Crippen LogP contribution < -0.4 is 5.73 Å². The van der Waals surface area contributed by atoms with Gasteiger partial charge in [-0.15, -0.1) is 6.58 Å². The Morgan fingerprint density at radius 1 is 1.78 bits per heavy atom. The third-order valence-corrected chi connectivity index (χ3v) is 2.11. The quantitative estimate of drug-likeness (QED) is 0.555. The smallest absolute Gasteiger partial charge is 0.00605 e. The molecule has 0 amide bonds. The molecule has 1 aliphatic carbocycles. The maximum Gasteiger partial charge on any atom is -0.00605 e. The molecule has 2 atom stereocenters. The van der Waals surface area contributed by atoms with Gasteiger partial charge in [0, 0.05) is 0 Å². The molecule has 0 aromatic carbocycles. The van der Waals surface area contributed by atoms with E-state index in [9.17, 15) is 0 Å². The van der Waals surface area contributed by atoms with E-state index in [4.69, 9.17) is 5.73 Å². The SMILES string of the molecule is C=C[C@@H]1C[C@]1(C)/C=C/N. The fraction of sp³-hybridized carbons (Fsp3) is 0.500. The second-order valence-electron chi connectivity index (χ2n) is 2.91. The van der Waals surface area contributed by atoms with Crippen LogP contribution in [0.15, 0.2) is 24.9 Å². The molecule has 1 rings (SSSR count). The third-order valence-electron chi connectivity index (χ3n) is 2.11. The Morgan fingerprint density at radius 3 is 2.78 bits per heavy atom. The average molecular weight is 123 g/mol. The molecule has 0 spiro atoms. The molecule has 0 saturated heterocycles. The molecule has 0 radical (unpaired) electrons. The Labute approximate surface area is 56.2 Å². The van der Waals surface area contributed by atoms with Crippen LogP contribution in [0.1, 0.15) is 13.3 Å². The Kier molecular flexibility index (Phi) is 1.35. The number of nitrogens with two attached hydrogens (primary N) is 1. The van der Waals surface area contributed by atoms with E-state index in [1.54, 1.807) is 6.20 Å². The largest absolute Gasteiger partial charge is 0.405 e. The van der Waals surface area contributed by atoms with E-state index >= 15 is 0 Å². The fourth-order valence-electron chi connectivity index (χ4n) is 1.18. The summed E-state index contributed by atoms with van der Waals surface area (Å²) in [5, 5.41) is 0. The van der Waals surface area contributed by atoms with Gasteiger partial charge in [0.1, 0.15) is 0 Å². The lowest BCUT2D eigenvalue weighted by Gasteiger charge is -1.97. The standard InChI is InChI=1S/C8H13N/c1-3-7-6-8(7,2)4-5-9/h3-5,7H,1,6,9H2,2H3/b5-4+/t7-,8+/m1/s1. The summed E-state index contributed by atoms with van der Waals surface area (Å²) in [6.45, 7) is 5.92. The van der Waals surface area contributed by atoms with Crippen LogP contribution in [0.25, 0.3) is 0 Å². The zero-order valence-corrected chi connectivity index (χ0v) is 5.80. The molecule has 1 fully saturated rings. The van der Waals surface area contributed by atoms with Crippen molar-refractivity contribution in [3.8, 4) is 0 Å². The van der Waals surface area contributed by atoms with Crippen molar-refractivity contribution < 1.29 is 0 Å². The maximum atomic E-state index is 5.26. The maximum absolute atomic E-state index is 5.26. The summed E-state index contributed by atoms with van der Waals surface area (Å²) < 4.78 is 0. The van der Waals surface area contributed by atoms with Gasteiger partial charge in [0.15, 0.2) is 0 Å². The first-order valence-electron chi connectivity index (χ1n) is 3.25. The van der Waals surface area contributed by atoms with Gasteiger partial charge < -0.3 is 5.73 Å². The Hall–Kier alpha value is -0.720. The minimum Gasteiger partial charge on any atom is -0.405 e. The van der Waals surface area contributed by atoms with Crippen molar-refractivity contribution >= 4 is 0 Å². The van der Waals surface area contributed by atoms with Gasteiger partial charge in [-0.25, -0.2) is 0 Å². The van der Waals surface area contributed by atoms with Crippen LogP contribution in [0.5, 0.6) is 0 Å². The van der Waals surface area contributed by atoms with Gasteiger partial charge in [-0.1, -0.05) is 19.1 Å². The van der Waals surface area contributed by atoms with Gasteiger partial charge in [-0.05, 0) is 24.0 Å². The van der Waals surface area contributed by atoms with Gasteiger partial charge in [0.2, 0.25) is 0 Å². The fourth-order valence-corrected chi connectivity index (χ4v) is 1.18. The van der Waals surface area contributed by atoms with Crippen LogP contribution in [0.3, 0.4) is 0 Å². The first kappa shape index (κ1) is 6.40. The third kappa shape index (κ3) is 0.995. The van der Waals surface area contributed by atoms with Gasteiger partial charge in [-0.3, -0.25) is 0 Å². The predicted octanol–water partition coefficient (Wildman–Crippen LogP) is 1.67. The highest BCUT2D eigenvalue weighted by molar-refractivity contribution is 5.16. The molecule has 1 heteroatoms. The van der Waals surface area contributed by atoms with Crippen molar-refractivity contribution in [2.45, 2.75) is 13.3 Å². The summed E-state index contributed by atoms with van der Waals surface area (Å²) in [6, 6.07) is 0. The van der Waals surface area contributed by atoms with Crippen LogP contribution in [0.4, 0.5) is 0 Å². The lowest BCUT2D eigenvalue weighted by atomic mass is 10.1. The number of rotatable bonds is 2. The van der Waals surface area contributed by atoms with Crippen molar-refractivity contribution in [2.24, 2.45) is 17.1 Å². The van der Waals surface area contributed by atoms with E-state index < -0.39 is 0 Å². The summed E-state index contributed by atoms with van der Waals surface area (Å²) in [5.74, 6) is 0.664. The van der Waals surface area contributed by atoms with Crippen molar-refractivity contribution in [2.75, 3.05) is 0 Å². The highest BCUT2D eigenvalue weighted by Crippen LogP contribution is 2.53. The molecule has 0 aromatic rings. The van der Waals surface area contributed by atoms with Gasteiger partial charge in [-0.2, -0.15) is 0 Å². The number of allylic oxidation sites excluding steroid dienone is 2. The molecule has 0 heterocycles. The molecule has 1 nitrogen and oxygen atoms in total. The molecule has 0 aromatic heterocycles. The van der Waals surface area contributed by atoms with Crippen molar-refractivity contribution in [1.29, 1.82) is 0 Å². The number of hydrogen-bond acceptors (Lipinski definition) is 1. The van der Waals surface area contributed by atoms with E-state index in [0.717, 1.165) is 0 Å². The normalized spacial score (nSPS) is 41.2. The molecule has 1 saturated carbocycles. The Balaban J connectivity index is 2.51. The van der Waals surface area contributed by atoms with Crippen molar-refractivity contribution in [1.82, 2.24) is 0 Å². The number of hydrogen-bond donors (Lipinski definition) is 1. The second kappa shape index (κ2) is 1.90. The molecule has 50 valence electrons. The lowest BCUT2D eigenvalue weighted by Crippen LogP contribution is -1.91. The van der Waals surface area contributed by atoms with Gasteiger partial charge in [0.05, 0.1) is 0 Å². The van der Waals surface area contributed by atoms with E-state index in [-0.39, 0.29) is 0 Å². The monoisotopic (exact) mass is 123 g/mol. The summed E-state index contributed by atoms with van der Waals surface area (Å²) >= 11 is 0. The van der Waals surface area contributed by atoms with Gasteiger partial charge >= 0.3 is 0 Å². The van der Waals surface area contributed by atoms with Gasteiger partial charge in [0.25, 0.3) is 0 Å². The van der Waals surface area contributed by atoms with Crippen LogP contribution in [-0.2, 0) is 0 Å². The lowest BCUT2D eigenvalue weighted by molar-refractivity contribution is 0.695. The summed E-state index contributed by atoms with van der Waals surface area (Å²) in [7, 11) is 0. The molecule has 2 N–H and O–H groups in total. The molecule has 9 heavy (non-hydrogen) atoms.